The van der Waals surface area contributed by atoms with Gasteiger partial charge in [0.1, 0.15) is 0 Å². The minimum absolute atomic E-state index is 0.0976. The van der Waals surface area contributed by atoms with Gasteiger partial charge in [-0.2, -0.15) is 0 Å². The molecule has 1 spiro atoms. The molecule has 6 nitrogen and oxygen atoms in total. The number of amides is 1. The van der Waals surface area contributed by atoms with Crippen LogP contribution in [0.15, 0.2) is 16.9 Å². The average Bonchev–Trinajstić information content (AvgIpc) is 3.20. The topological polar surface area (TPSA) is 90.5 Å². The molecular weight excluding hydrogens is 308 g/mol. The first-order valence-corrected chi connectivity index (χ1v) is 8.56. The first-order chi connectivity index (χ1) is 11.3. The number of piperidine rings is 1. The van der Waals surface area contributed by atoms with Gasteiger partial charge in [0.25, 0.3) is 5.91 Å². The Labute approximate surface area is 140 Å². The number of aromatic amines is 1. The lowest BCUT2D eigenvalue weighted by molar-refractivity contribution is -0.139. The Morgan fingerprint density at radius 3 is 2.54 bits per heavy atom. The summed E-state index contributed by atoms with van der Waals surface area (Å²) in [6.45, 7) is 5.25. The number of rotatable bonds is 4. The Hall–Kier alpha value is -2.11. The van der Waals surface area contributed by atoms with E-state index in [-0.39, 0.29) is 22.8 Å². The number of pyridine rings is 1. The zero-order valence-corrected chi connectivity index (χ0v) is 14.2. The number of nitrogens with one attached hydrogen (secondary N) is 1. The van der Waals surface area contributed by atoms with Gasteiger partial charge in [-0.3, -0.25) is 14.4 Å². The van der Waals surface area contributed by atoms with Crippen molar-refractivity contribution in [1.82, 2.24) is 9.88 Å². The third kappa shape index (κ3) is 3.23. The van der Waals surface area contributed by atoms with Crippen LogP contribution in [0.1, 0.15) is 49.2 Å². The lowest BCUT2D eigenvalue weighted by Gasteiger charge is -2.32. The van der Waals surface area contributed by atoms with Gasteiger partial charge in [-0.15, -0.1) is 0 Å². The third-order valence-electron chi connectivity index (χ3n) is 5.31. The summed E-state index contributed by atoms with van der Waals surface area (Å²) in [5.74, 6) is -0.702. The van der Waals surface area contributed by atoms with E-state index in [1.807, 2.05) is 0 Å². The molecule has 2 N–H and O–H groups in total. The second-order valence-corrected chi connectivity index (χ2v) is 7.61. The van der Waals surface area contributed by atoms with Crippen LogP contribution in [0.5, 0.6) is 0 Å². The third-order valence-corrected chi connectivity index (χ3v) is 5.31. The van der Waals surface area contributed by atoms with Crippen LogP contribution >= 0.6 is 0 Å². The van der Waals surface area contributed by atoms with Gasteiger partial charge in [-0.25, -0.2) is 0 Å². The highest BCUT2D eigenvalue weighted by Crippen LogP contribution is 2.59. The average molecular weight is 332 g/mol. The number of hydrogen-bond donors (Lipinski definition) is 2. The Balaban J connectivity index is 1.69. The molecule has 2 aliphatic rings. The number of carboxylic acid groups (broad SMARTS) is 1. The lowest BCUT2D eigenvalue weighted by atomic mass is 9.90. The summed E-state index contributed by atoms with van der Waals surface area (Å²) < 4.78 is 0. The van der Waals surface area contributed by atoms with Crippen molar-refractivity contribution >= 4 is 11.9 Å². The predicted octanol–water partition coefficient (Wildman–Crippen LogP) is 1.90. The maximum atomic E-state index is 12.7. The summed E-state index contributed by atoms with van der Waals surface area (Å²) in [7, 11) is 0. The van der Waals surface area contributed by atoms with Crippen molar-refractivity contribution in [2.45, 2.75) is 39.5 Å². The van der Waals surface area contributed by atoms with Gasteiger partial charge in [0.15, 0.2) is 0 Å². The minimum Gasteiger partial charge on any atom is -0.481 e. The first-order valence-electron chi connectivity index (χ1n) is 8.56. The summed E-state index contributed by atoms with van der Waals surface area (Å²) in [6, 6.07) is 3.12. The zero-order valence-electron chi connectivity index (χ0n) is 14.2. The number of carbonyl (C=O) groups is 2. The number of carboxylic acids is 1. The van der Waals surface area contributed by atoms with Gasteiger partial charge in [-0.05, 0) is 43.1 Å². The maximum absolute atomic E-state index is 12.7. The minimum atomic E-state index is -0.720. The molecule has 24 heavy (non-hydrogen) atoms. The number of likely N-dealkylation sites (tertiary alicyclic amines) is 1. The highest BCUT2D eigenvalue weighted by molar-refractivity contribution is 5.94. The molecule has 3 rings (SSSR count). The van der Waals surface area contributed by atoms with E-state index in [0.29, 0.717) is 24.6 Å². The largest absolute Gasteiger partial charge is 0.481 e. The molecule has 1 unspecified atom stereocenters. The fourth-order valence-corrected chi connectivity index (χ4v) is 3.86. The van der Waals surface area contributed by atoms with Crippen LogP contribution in [-0.4, -0.2) is 40.0 Å². The molecule has 6 heteroatoms. The molecule has 2 heterocycles. The van der Waals surface area contributed by atoms with Crippen molar-refractivity contribution in [2.75, 3.05) is 13.1 Å². The smallest absolute Gasteiger partial charge is 0.307 e. The summed E-state index contributed by atoms with van der Waals surface area (Å²) >= 11 is 0. The number of carbonyl (C=O) groups excluding carboxylic acids is 1. The van der Waals surface area contributed by atoms with Crippen molar-refractivity contribution in [1.29, 1.82) is 0 Å². The lowest BCUT2D eigenvalue weighted by Crippen LogP contribution is -2.40. The van der Waals surface area contributed by atoms with Crippen LogP contribution < -0.4 is 5.56 Å². The molecule has 1 amide bonds. The highest BCUT2D eigenvalue weighted by atomic mass is 16.4. The molecule has 1 aromatic rings. The molecule has 0 aromatic carbocycles. The van der Waals surface area contributed by atoms with Crippen molar-refractivity contribution in [3.05, 3.63) is 33.7 Å². The Kier molecular flexibility index (Phi) is 4.24. The van der Waals surface area contributed by atoms with E-state index < -0.39 is 5.97 Å². The number of hydrogen-bond acceptors (Lipinski definition) is 3. The van der Waals surface area contributed by atoms with E-state index in [9.17, 15) is 14.4 Å². The van der Waals surface area contributed by atoms with Crippen molar-refractivity contribution in [3.63, 3.8) is 0 Å². The van der Waals surface area contributed by atoms with Gasteiger partial charge in [0.05, 0.1) is 5.92 Å². The van der Waals surface area contributed by atoms with Crippen LogP contribution in [-0.2, 0) is 11.2 Å². The number of H-pyrrole nitrogens is 1. The highest BCUT2D eigenvalue weighted by Gasteiger charge is 2.59. The van der Waals surface area contributed by atoms with Crippen LogP contribution in [0.3, 0.4) is 0 Å². The molecule has 2 fully saturated rings. The predicted molar refractivity (Wildman–Crippen MR) is 88.9 cm³/mol. The molecule has 1 aliphatic carbocycles. The van der Waals surface area contributed by atoms with Crippen LogP contribution in [0.25, 0.3) is 0 Å². The van der Waals surface area contributed by atoms with Crippen molar-refractivity contribution in [3.8, 4) is 0 Å². The Morgan fingerprint density at radius 1 is 1.33 bits per heavy atom. The van der Waals surface area contributed by atoms with Gasteiger partial charge < -0.3 is 15.0 Å². The van der Waals surface area contributed by atoms with Gasteiger partial charge >= 0.3 is 5.97 Å². The summed E-state index contributed by atoms with van der Waals surface area (Å²) in [5.41, 5.74) is 0.857. The van der Waals surface area contributed by atoms with Gasteiger partial charge in [0, 0.05) is 30.4 Å². The van der Waals surface area contributed by atoms with E-state index in [1.54, 1.807) is 11.0 Å². The quantitative estimate of drug-likeness (QED) is 0.881. The molecule has 0 bridgehead atoms. The van der Waals surface area contributed by atoms with Crippen molar-refractivity contribution in [2.24, 2.45) is 17.3 Å². The molecule has 1 aromatic heterocycles. The van der Waals surface area contributed by atoms with Crippen molar-refractivity contribution < 1.29 is 14.7 Å². The number of aromatic nitrogens is 1. The standard InChI is InChI=1S/C18H24N2O4/c1-11(2)7-13-8-12(9-15(21)19-13)16(22)20-5-3-18(4-6-20)10-14(18)17(23)24/h8-9,11,14H,3-7,10H2,1-2H3,(H,19,21)(H,23,24). The van der Waals surface area contributed by atoms with E-state index >= 15 is 0 Å². The Morgan fingerprint density at radius 2 is 2.00 bits per heavy atom. The molecule has 1 atom stereocenters. The number of nitrogens with zero attached hydrogens (tertiary/aromatic N) is 1. The fourth-order valence-electron chi connectivity index (χ4n) is 3.86. The zero-order chi connectivity index (χ0) is 17.5. The monoisotopic (exact) mass is 332 g/mol. The SMILES string of the molecule is CC(C)Cc1cc(C(=O)N2CCC3(CC2)CC3C(=O)O)cc(=O)[nH]1. The second-order valence-electron chi connectivity index (χ2n) is 7.61. The van der Waals surface area contributed by atoms with Gasteiger partial charge in [-0.1, -0.05) is 13.8 Å². The molecular formula is C18H24N2O4. The molecule has 1 saturated heterocycles. The van der Waals surface area contributed by atoms with E-state index in [2.05, 4.69) is 18.8 Å². The van der Waals surface area contributed by atoms with Gasteiger partial charge in [0.2, 0.25) is 5.56 Å². The summed E-state index contributed by atoms with van der Waals surface area (Å²) in [4.78, 5) is 40.2. The molecule has 1 aliphatic heterocycles. The van der Waals surface area contributed by atoms with E-state index in [1.165, 1.54) is 6.07 Å². The Bertz CT molecular complexity index is 714. The number of aliphatic carboxylic acids is 1. The summed E-state index contributed by atoms with van der Waals surface area (Å²) in [6.07, 6.45) is 2.92. The fraction of sp³-hybridized carbons (Fsp3) is 0.611. The normalized spacial score (nSPS) is 22.0. The van der Waals surface area contributed by atoms with Crippen LogP contribution in [0, 0.1) is 17.3 Å². The maximum Gasteiger partial charge on any atom is 0.307 e. The summed E-state index contributed by atoms with van der Waals surface area (Å²) in [5, 5.41) is 9.14. The molecule has 0 radical (unpaired) electrons. The van der Waals surface area contributed by atoms with Crippen LogP contribution in [0.2, 0.25) is 0 Å². The second kappa shape index (κ2) is 6.07. The molecule has 130 valence electrons. The van der Waals surface area contributed by atoms with E-state index in [0.717, 1.165) is 31.4 Å². The first kappa shape index (κ1) is 16.7. The van der Waals surface area contributed by atoms with Crippen LogP contribution in [0.4, 0.5) is 0 Å². The van der Waals surface area contributed by atoms with E-state index in [4.69, 9.17) is 5.11 Å². The molecule has 1 saturated carbocycles.